The van der Waals surface area contributed by atoms with Gasteiger partial charge in [-0.1, -0.05) is 48.5 Å². The molecule has 68 heavy (non-hydrogen) atoms. The number of hydrogen-bond acceptors (Lipinski definition) is 10. The van der Waals surface area contributed by atoms with Crippen LogP contribution in [0.25, 0.3) is 90.9 Å². The zero-order chi connectivity index (χ0) is 46.7. The molecule has 12 nitrogen and oxygen atoms in total. The molecule has 8 bridgehead atoms. The van der Waals surface area contributed by atoms with Gasteiger partial charge in [0.05, 0.1) is 49.2 Å². The zero-order valence-corrected chi connectivity index (χ0v) is 38.7. The van der Waals surface area contributed by atoms with Gasteiger partial charge in [0.15, 0.2) is 0 Å². The van der Waals surface area contributed by atoms with E-state index in [-0.39, 0.29) is 0 Å². The van der Waals surface area contributed by atoms with E-state index >= 15 is 0 Å². The molecule has 12 heteroatoms. The Morgan fingerprint density at radius 2 is 0.574 bits per heavy atom. The molecule has 0 saturated carbocycles. The maximum Gasteiger partial charge on any atom is 0.120 e. The van der Waals surface area contributed by atoms with E-state index in [1.807, 2.05) is 72.8 Å². The Morgan fingerprint density at radius 1 is 0.324 bits per heavy atom. The lowest BCUT2D eigenvalue weighted by Gasteiger charge is -2.10. The van der Waals surface area contributed by atoms with Crippen LogP contribution >= 0.6 is 0 Å². The van der Waals surface area contributed by atoms with Gasteiger partial charge in [-0.05, 0) is 119 Å². The van der Waals surface area contributed by atoms with E-state index in [2.05, 4.69) is 82.8 Å². The molecule has 346 valence electrons. The fourth-order valence-electron chi connectivity index (χ4n) is 8.36. The molecule has 2 N–H and O–H groups in total. The zero-order valence-electron chi connectivity index (χ0n) is 38.7. The number of nitrogens with zero attached hydrogens (tertiary/aromatic N) is 2. The summed E-state index contributed by atoms with van der Waals surface area (Å²) in [7, 11) is 6.66. The van der Waals surface area contributed by atoms with Gasteiger partial charge in [0.1, 0.15) is 49.4 Å². The van der Waals surface area contributed by atoms with Crippen LogP contribution in [0.5, 0.6) is 23.0 Å². The number of benzene rings is 4. The Bertz CT molecular complexity index is 2710. The van der Waals surface area contributed by atoms with Gasteiger partial charge in [0.25, 0.3) is 0 Å². The second-order valence-electron chi connectivity index (χ2n) is 16.0. The molecular weight excluding hydrogens is 857 g/mol. The van der Waals surface area contributed by atoms with Crippen molar-refractivity contribution in [3.05, 3.63) is 144 Å². The Morgan fingerprint density at radius 3 is 0.809 bits per heavy atom. The minimum Gasteiger partial charge on any atom is -0.491 e. The lowest BCUT2D eigenvalue weighted by molar-refractivity contribution is 0.146. The molecule has 2 aliphatic rings. The summed E-state index contributed by atoms with van der Waals surface area (Å²) in [6.45, 7) is 3.54. The van der Waals surface area contributed by atoms with E-state index < -0.39 is 0 Å². The van der Waals surface area contributed by atoms with Crippen molar-refractivity contribution in [2.45, 2.75) is 0 Å². The van der Waals surface area contributed by atoms with Crippen molar-refractivity contribution in [2.24, 2.45) is 0 Å². The number of aromatic nitrogens is 4. The first-order valence-corrected chi connectivity index (χ1v) is 22.6. The number of fused-ring (bicyclic) bond motifs is 8. The van der Waals surface area contributed by atoms with Crippen LogP contribution in [-0.4, -0.2) is 101 Å². The first-order valence-electron chi connectivity index (χ1n) is 22.6. The quantitative estimate of drug-likeness (QED) is 0.0713. The highest BCUT2D eigenvalue weighted by Crippen LogP contribution is 2.40. The van der Waals surface area contributed by atoms with Gasteiger partial charge in [-0.15, -0.1) is 0 Å². The number of methoxy groups -OCH3 is 4. The summed E-state index contributed by atoms with van der Waals surface area (Å²) in [6.07, 6.45) is 8.31. The van der Waals surface area contributed by atoms with Crippen LogP contribution in [0.1, 0.15) is 22.8 Å². The second-order valence-corrected chi connectivity index (χ2v) is 16.0. The van der Waals surface area contributed by atoms with Crippen molar-refractivity contribution >= 4 is 46.4 Å². The average Bonchev–Trinajstić information content (AvgIpc) is 4.21. The summed E-state index contributed by atoms with van der Waals surface area (Å²) in [5.74, 6) is 2.89. The molecule has 3 aromatic heterocycles. The summed E-state index contributed by atoms with van der Waals surface area (Å²) < 4.78 is 45.8. The Kier molecular flexibility index (Phi) is 14.7. The molecule has 0 atom stereocenters. The third-order valence-electron chi connectivity index (χ3n) is 11.5. The predicted molar refractivity (Wildman–Crippen MR) is 270 cm³/mol. The van der Waals surface area contributed by atoms with Crippen LogP contribution in [0.4, 0.5) is 0 Å². The topological polar surface area (TPSA) is 131 Å². The number of rotatable bonds is 20. The Balaban J connectivity index is 1.37. The van der Waals surface area contributed by atoms with E-state index in [9.17, 15) is 0 Å². The van der Waals surface area contributed by atoms with Crippen molar-refractivity contribution in [3.63, 3.8) is 0 Å². The molecule has 0 amide bonds. The third-order valence-corrected chi connectivity index (χ3v) is 11.5. The standard InChI is InChI=1S/C56H54N4O8/c1-61-25-29-65-41-13-5-9-37(33-41)53-45-17-19-47(57-45)54(38-10-6-14-42(34-38)66-30-26-62-2)49-21-23-51(59-49)56(40-12-8-16-44(36-40)68-32-28-64-4)52-24-22-50(60-52)55(48-20-18-46(53)58-48)39-11-7-15-43(35-39)67-31-27-63-3/h5-24,33-36,57,60H,25-32H2,1-4H3. The van der Waals surface area contributed by atoms with Crippen molar-refractivity contribution in [3.8, 4) is 67.5 Å². The highest BCUT2D eigenvalue weighted by molar-refractivity contribution is 6.00. The highest BCUT2D eigenvalue weighted by Gasteiger charge is 2.20. The summed E-state index contributed by atoms with van der Waals surface area (Å²) in [6, 6.07) is 40.8. The maximum absolute atomic E-state index is 6.14. The molecule has 0 spiro atoms. The summed E-state index contributed by atoms with van der Waals surface area (Å²) in [4.78, 5) is 18.6. The summed E-state index contributed by atoms with van der Waals surface area (Å²) >= 11 is 0. The molecule has 0 aliphatic carbocycles. The van der Waals surface area contributed by atoms with Crippen LogP contribution in [-0.2, 0) is 18.9 Å². The van der Waals surface area contributed by atoms with Gasteiger partial charge < -0.3 is 47.9 Å². The lowest BCUT2D eigenvalue weighted by atomic mass is 10.0. The van der Waals surface area contributed by atoms with Crippen LogP contribution in [0.3, 0.4) is 0 Å². The van der Waals surface area contributed by atoms with Gasteiger partial charge in [0.2, 0.25) is 0 Å². The van der Waals surface area contributed by atoms with E-state index in [0.717, 1.165) is 112 Å². The minimum atomic E-state index is 0.416. The first-order chi connectivity index (χ1) is 33.5. The molecule has 7 aromatic rings. The molecule has 2 aliphatic heterocycles. The Labute approximate surface area is 395 Å². The van der Waals surface area contributed by atoms with Crippen LogP contribution < -0.4 is 18.9 Å². The lowest BCUT2D eigenvalue weighted by Crippen LogP contribution is -2.04. The molecule has 0 radical (unpaired) electrons. The van der Waals surface area contributed by atoms with Crippen molar-refractivity contribution in [1.82, 2.24) is 19.9 Å². The molecule has 4 aromatic carbocycles. The van der Waals surface area contributed by atoms with Crippen molar-refractivity contribution in [1.29, 1.82) is 0 Å². The molecule has 0 fully saturated rings. The highest BCUT2D eigenvalue weighted by atomic mass is 16.5. The number of ether oxygens (including phenoxy) is 8. The first kappa shape index (κ1) is 45.7. The van der Waals surface area contributed by atoms with Crippen LogP contribution in [0.15, 0.2) is 121 Å². The number of nitrogens with one attached hydrogen (secondary N) is 2. The number of hydrogen-bond donors (Lipinski definition) is 2. The average molecular weight is 911 g/mol. The third kappa shape index (κ3) is 10.4. The molecule has 9 rings (SSSR count). The van der Waals surface area contributed by atoms with E-state index in [1.54, 1.807) is 28.4 Å². The monoisotopic (exact) mass is 910 g/mol. The minimum absolute atomic E-state index is 0.416. The largest absolute Gasteiger partial charge is 0.491 e. The second kappa shape index (κ2) is 21.9. The van der Waals surface area contributed by atoms with Gasteiger partial charge in [0, 0.05) is 72.8 Å². The molecule has 0 unspecified atom stereocenters. The normalized spacial score (nSPS) is 11.8. The van der Waals surface area contributed by atoms with Crippen LogP contribution in [0, 0.1) is 0 Å². The van der Waals surface area contributed by atoms with E-state index in [0.29, 0.717) is 52.9 Å². The fraction of sp³-hybridized carbons (Fsp3) is 0.214. The van der Waals surface area contributed by atoms with Crippen molar-refractivity contribution < 1.29 is 37.9 Å². The number of H-pyrrole nitrogens is 2. The van der Waals surface area contributed by atoms with Crippen LogP contribution in [0.2, 0.25) is 0 Å². The molecule has 5 heterocycles. The summed E-state index contributed by atoms with van der Waals surface area (Å²) in [5.41, 5.74) is 13.8. The van der Waals surface area contributed by atoms with E-state index in [1.165, 1.54) is 0 Å². The molecule has 0 saturated heterocycles. The van der Waals surface area contributed by atoms with Gasteiger partial charge in [-0.2, -0.15) is 0 Å². The van der Waals surface area contributed by atoms with E-state index in [4.69, 9.17) is 47.9 Å². The Hall–Kier alpha value is -7.48. The van der Waals surface area contributed by atoms with Gasteiger partial charge >= 0.3 is 0 Å². The predicted octanol–water partition coefficient (Wildman–Crippen LogP) is 11.4. The van der Waals surface area contributed by atoms with Crippen molar-refractivity contribution in [2.75, 3.05) is 81.3 Å². The fourth-order valence-corrected chi connectivity index (χ4v) is 8.36. The van der Waals surface area contributed by atoms with Gasteiger partial charge in [-0.25, -0.2) is 9.97 Å². The molecular formula is C56H54N4O8. The summed E-state index contributed by atoms with van der Waals surface area (Å²) in [5, 5.41) is 0. The smallest absolute Gasteiger partial charge is 0.120 e. The maximum atomic E-state index is 6.14. The SMILES string of the molecule is COCCOc1cccc(-c2c3nc(c(-c4cccc(OCCOC)c4)c4ccc([nH]4)c(-c4cccc(OCCOC)c4)c4nc(c(-c5cccc(OCCOC)c5)c5ccc2[nH]5)C=C4)C=C3)c1. The van der Waals surface area contributed by atoms with Gasteiger partial charge in [-0.3, -0.25) is 0 Å². The number of aromatic amines is 2.